The van der Waals surface area contributed by atoms with Crippen molar-refractivity contribution in [3.8, 4) is 16.3 Å². The molecule has 7 heteroatoms. The Labute approximate surface area is 184 Å². The van der Waals surface area contributed by atoms with Crippen molar-refractivity contribution in [3.05, 3.63) is 83.4 Å². The van der Waals surface area contributed by atoms with Gasteiger partial charge in [0.05, 0.1) is 12.2 Å². The van der Waals surface area contributed by atoms with Gasteiger partial charge < -0.3 is 10.5 Å². The summed E-state index contributed by atoms with van der Waals surface area (Å²) in [6.07, 6.45) is 0. The van der Waals surface area contributed by atoms with Gasteiger partial charge in [-0.1, -0.05) is 61.5 Å². The maximum Gasteiger partial charge on any atom is 0.338 e. The molecule has 0 aliphatic heterocycles. The van der Waals surface area contributed by atoms with Crippen LogP contribution in [0.3, 0.4) is 0 Å². The number of benzene rings is 3. The number of nitrogens with two attached hydrogens (primary N) is 1. The number of carbonyl (C=O) groups excluding carboxylic acids is 1. The van der Waals surface area contributed by atoms with Gasteiger partial charge >= 0.3 is 6.03 Å². The molecular formula is C24H23N3O3S. The molecule has 0 aliphatic rings. The Morgan fingerprint density at radius 2 is 1.87 bits per heavy atom. The highest BCUT2D eigenvalue weighted by molar-refractivity contribution is 7.13. The number of primary amides is 1. The Bertz CT molecular complexity index is 1190. The van der Waals surface area contributed by atoms with Crippen molar-refractivity contribution >= 4 is 28.1 Å². The number of aromatic nitrogens is 1. The number of nitrogens with zero attached hydrogens (tertiary/aromatic N) is 2. The quantitative estimate of drug-likeness (QED) is 0.301. The van der Waals surface area contributed by atoms with E-state index in [4.69, 9.17) is 10.5 Å². The topological polar surface area (TPSA) is 88.7 Å². The summed E-state index contributed by atoms with van der Waals surface area (Å²) in [6.45, 7) is 2.48. The van der Waals surface area contributed by atoms with Crippen molar-refractivity contribution in [3.63, 3.8) is 0 Å². The average molecular weight is 434 g/mol. The van der Waals surface area contributed by atoms with E-state index in [9.17, 15) is 10.0 Å². The summed E-state index contributed by atoms with van der Waals surface area (Å²) in [5, 5.41) is 15.2. The van der Waals surface area contributed by atoms with E-state index in [1.54, 1.807) is 11.3 Å². The number of ether oxygens (including phenoxy) is 1. The van der Waals surface area contributed by atoms with E-state index >= 15 is 0 Å². The van der Waals surface area contributed by atoms with Gasteiger partial charge in [-0.05, 0) is 28.5 Å². The van der Waals surface area contributed by atoms with Gasteiger partial charge in [0, 0.05) is 16.9 Å². The molecule has 4 aromatic rings. The van der Waals surface area contributed by atoms with Crippen LogP contribution in [0.4, 0.5) is 4.79 Å². The molecule has 0 saturated carbocycles. The summed E-state index contributed by atoms with van der Waals surface area (Å²) in [7, 11) is 0. The lowest BCUT2D eigenvalue weighted by atomic mass is 9.97. The van der Waals surface area contributed by atoms with Crippen LogP contribution >= 0.6 is 11.3 Å². The van der Waals surface area contributed by atoms with E-state index in [-0.39, 0.29) is 12.5 Å². The third-order valence-electron chi connectivity index (χ3n) is 5.07. The summed E-state index contributed by atoms with van der Waals surface area (Å²) in [4.78, 5) is 15.7. The molecule has 1 unspecified atom stereocenters. The molecule has 0 saturated heterocycles. The monoisotopic (exact) mass is 433 g/mol. The lowest BCUT2D eigenvalue weighted by Crippen LogP contribution is -2.35. The molecular weight excluding hydrogens is 410 g/mol. The van der Waals surface area contributed by atoms with Crippen molar-refractivity contribution in [1.29, 1.82) is 0 Å². The van der Waals surface area contributed by atoms with Crippen molar-refractivity contribution in [2.75, 3.05) is 6.54 Å². The minimum absolute atomic E-state index is 0.0543. The van der Waals surface area contributed by atoms with E-state index in [1.165, 1.54) is 0 Å². The minimum Gasteiger partial charge on any atom is -0.487 e. The zero-order chi connectivity index (χ0) is 21.8. The molecule has 3 aromatic carbocycles. The number of hydroxylamine groups is 2. The molecule has 1 heterocycles. The number of rotatable bonds is 7. The number of carbonyl (C=O) groups is 1. The third kappa shape index (κ3) is 5.02. The molecule has 6 nitrogen and oxygen atoms in total. The van der Waals surface area contributed by atoms with E-state index in [1.807, 2.05) is 79.0 Å². The van der Waals surface area contributed by atoms with Crippen LogP contribution in [0, 0.1) is 0 Å². The Balaban J connectivity index is 1.43. The maximum absolute atomic E-state index is 11.0. The molecule has 1 atom stereocenters. The SMILES string of the molecule is CC(CN(O)C(N)=O)c1ccc2cc(OCc3csc(-c4ccccc4)n3)ccc2c1. The summed E-state index contributed by atoms with van der Waals surface area (Å²) < 4.78 is 5.96. The second-order valence-electron chi connectivity index (χ2n) is 7.39. The molecule has 0 fully saturated rings. The summed E-state index contributed by atoms with van der Waals surface area (Å²) in [6, 6.07) is 21.2. The molecule has 2 amide bonds. The largest absolute Gasteiger partial charge is 0.487 e. The molecule has 158 valence electrons. The highest BCUT2D eigenvalue weighted by Gasteiger charge is 2.13. The Morgan fingerprint density at radius 3 is 2.65 bits per heavy atom. The number of urea groups is 1. The Hall–Kier alpha value is -3.42. The van der Waals surface area contributed by atoms with Crippen LogP contribution in [-0.2, 0) is 6.61 Å². The van der Waals surface area contributed by atoms with Crippen molar-refractivity contribution in [1.82, 2.24) is 10.0 Å². The van der Waals surface area contributed by atoms with Gasteiger partial charge in [-0.25, -0.2) is 14.8 Å². The molecule has 0 bridgehead atoms. The second-order valence-corrected chi connectivity index (χ2v) is 8.25. The van der Waals surface area contributed by atoms with Gasteiger partial charge in [0.1, 0.15) is 17.4 Å². The standard InChI is InChI=1S/C24H23N3O3S/c1-16(13-27(29)24(25)28)18-7-8-20-12-22(10-9-19(20)11-18)30-14-21-15-31-23(26-21)17-5-3-2-4-6-17/h2-12,15-16,29H,13-14H2,1H3,(H2,25,28). The summed E-state index contributed by atoms with van der Waals surface area (Å²) in [5.74, 6) is 0.721. The summed E-state index contributed by atoms with van der Waals surface area (Å²) in [5.41, 5.74) is 8.11. The molecule has 0 radical (unpaired) electrons. The van der Waals surface area contributed by atoms with Crippen LogP contribution in [0.15, 0.2) is 72.1 Å². The minimum atomic E-state index is -0.856. The molecule has 4 rings (SSSR count). The fourth-order valence-electron chi connectivity index (χ4n) is 3.34. The first-order valence-electron chi connectivity index (χ1n) is 9.92. The Morgan fingerprint density at radius 1 is 1.13 bits per heavy atom. The van der Waals surface area contributed by atoms with Crippen molar-refractivity contribution in [2.24, 2.45) is 5.73 Å². The van der Waals surface area contributed by atoms with Gasteiger partial charge in [-0.3, -0.25) is 5.21 Å². The first kappa shape index (κ1) is 20.8. The predicted molar refractivity (Wildman–Crippen MR) is 122 cm³/mol. The molecule has 1 aromatic heterocycles. The number of amides is 2. The lowest BCUT2D eigenvalue weighted by Gasteiger charge is -2.18. The van der Waals surface area contributed by atoms with Gasteiger partial charge in [0.25, 0.3) is 0 Å². The van der Waals surface area contributed by atoms with E-state index in [0.29, 0.717) is 11.7 Å². The van der Waals surface area contributed by atoms with Crippen molar-refractivity contribution in [2.45, 2.75) is 19.4 Å². The molecule has 31 heavy (non-hydrogen) atoms. The number of hydrogen-bond acceptors (Lipinski definition) is 5. The number of thiazole rings is 1. The van der Waals surface area contributed by atoms with Gasteiger partial charge in [0.15, 0.2) is 0 Å². The van der Waals surface area contributed by atoms with E-state index < -0.39 is 6.03 Å². The smallest absolute Gasteiger partial charge is 0.338 e. The zero-order valence-corrected chi connectivity index (χ0v) is 17.9. The number of fused-ring (bicyclic) bond motifs is 1. The van der Waals surface area contributed by atoms with Gasteiger partial charge in [-0.2, -0.15) is 0 Å². The zero-order valence-electron chi connectivity index (χ0n) is 17.1. The van der Waals surface area contributed by atoms with Crippen LogP contribution in [-0.4, -0.2) is 27.8 Å². The fraction of sp³-hybridized carbons (Fsp3) is 0.167. The maximum atomic E-state index is 11.0. The van der Waals surface area contributed by atoms with Crippen LogP contribution in [0.2, 0.25) is 0 Å². The normalized spacial score (nSPS) is 11.9. The summed E-state index contributed by atoms with van der Waals surface area (Å²) >= 11 is 1.61. The van der Waals surface area contributed by atoms with Crippen LogP contribution in [0.5, 0.6) is 5.75 Å². The highest BCUT2D eigenvalue weighted by Crippen LogP contribution is 2.27. The van der Waals surface area contributed by atoms with Crippen LogP contribution in [0.25, 0.3) is 21.3 Å². The molecule has 0 aliphatic carbocycles. The first-order chi connectivity index (χ1) is 15.0. The van der Waals surface area contributed by atoms with E-state index in [0.717, 1.165) is 38.4 Å². The van der Waals surface area contributed by atoms with Gasteiger partial charge in [-0.15, -0.1) is 11.3 Å². The van der Waals surface area contributed by atoms with Crippen molar-refractivity contribution < 1.29 is 14.7 Å². The lowest BCUT2D eigenvalue weighted by molar-refractivity contribution is -0.0427. The predicted octanol–water partition coefficient (Wildman–Crippen LogP) is 5.42. The Kier molecular flexibility index (Phi) is 6.16. The first-order valence-corrected chi connectivity index (χ1v) is 10.8. The third-order valence-corrected chi connectivity index (χ3v) is 6.01. The van der Waals surface area contributed by atoms with Crippen LogP contribution in [0.1, 0.15) is 24.1 Å². The molecule has 0 spiro atoms. The van der Waals surface area contributed by atoms with Gasteiger partial charge in [0.2, 0.25) is 0 Å². The number of hydrogen-bond donors (Lipinski definition) is 2. The second kappa shape index (κ2) is 9.16. The molecule has 3 N–H and O–H groups in total. The average Bonchev–Trinajstić information content (AvgIpc) is 3.27. The highest BCUT2D eigenvalue weighted by atomic mass is 32.1. The van der Waals surface area contributed by atoms with Crippen LogP contribution < -0.4 is 10.5 Å². The van der Waals surface area contributed by atoms with E-state index in [2.05, 4.69) is 4.98 Å². The fourth-order valence-corrected chi connectivity index (χ4v) is 4.15.